The number of esters is 1. The van der Waals surface area contributed by atoms with E-state index in [2.05, 4.69) is 4.74 Å². The summed E-state index contributed by atoms with van der Waals surface area (Å²) in [6, 6.07) is 8.52. The average Bonchev–Trinajstić information content (AvgIpc) is 2.45. The van der Waals surface area contributed by atoms with Gasteiger partial charge in [0.05, 0.1) is 12.2 Å². The minimum atomic E-state index is -4.86. The van der Waals surface area contributed by atoms with Crippen molar-refractivity contribution in [3.63, 3.8) is 0 Å². The molecule has 0 amide bonds. The summed E-state index contributed by atoms with van der Waals surface area (Å²) in [6.07, 6.45) is -4.86. The number of ether oxygens (including phenoxy) is 2. The molecular formula is C16H12F4O3. The first-order chi connectivity index (χ1) is 10.8. The molecule has 3 nitrogen and oxygen atoms in total. The standard InChI is InChI=1S/C16H12F4O3/c1-2-22-15(21)12-7-4-8-13(17)14(12)10-5-3-6-11(9-10)23-16(18,19)20/h3-9H,2H2,1H3. The first kappa shape index (κ1) is 16.8. The normalized spacial score (nSPS) is 11.2. The molecule has 0 saturated carbocycles. The second-order valence-corrected chi connectivity index (χ2v) is 4.46. The molecule has 0 aliphatic carbocycles. The van der Waals surface area contributed by atoms with Gasteiger partial charge in [-0.25, -0.2) is 9.18 Å². The maximum Gasteiger partial charge on any atom is 0.573 e. The van der Waals surface area contributed by atoms with Crippen molar-refractivity contribution in [2.24, 2.45) is 0 Å². The van der Waals surface area contributed by atoms with Crippen molar-refractivity contribution in [3.8, 4) is 16.9 Å². The molecule has 0 atom stereocenters. The van der Waals surface area contributed by atoms with Crippen LogP contribution in [0.5, 0.6) is 5.75 Å². The van der Waals surface area contributed by atoms with Gasteiger partial charge in [-0.3, -0.25) is 0 Å². The van der Waals surface area contributed by atoms with Crippen LogP contribution in [0, 0.1) is 5.82 Å². The van der Waals surface area contributed by atoms with Crippen molar-refractivity contribution in [3.05, 3.63) is 53.8 Å². The Labute approximate surface area is 129 Å². The van der Waals surface area contributed by atoms with Crippen LogP contribution in [-0.2, 0) is 4.74 Å². The van der Waals surface area contributed by atoms with Crippen LogP contribution in [0.15, 0.2) is 42.5 Å². The van der Waals surface area contributed by atoms with Crippen LogP contribution in [0.1, 0.15) is 17.3 Å². The Kier molecular flexibility index (Phi) is 4.88. The summed E-state index contributed by atoms with van der Waals surface area (Å²) in [7, 11) is 0. The lowest BCUT2D eigenvalue weighted by Gasteiger charge is -2.13. The van der Waals surface area contributed by atoms with Gasteiger partial charge < -0.3 is 9.47 Å². The molecule has 122 valence electrons. The molecule has 0 fully saturated rings. The van der Waals surface area contributed by atoms with E-state index in [9.17, 15) is 22.4 Å². The first-order valence-electron chi connectivity index (χ1n) is 6.63. The van der Waals surface area contributed by atoms with Crippen LogP contribution >= 0.6 is 0 Å². The molecule has 0 saturated heterocycles. The molecule has 0 heterocycles. The lowest BCUT2D eigenvalue weighted by molar-refractivity contribution is -0.274. The maximum absolute atomic E-state index is 14.1. The molecule has 0 spiro atoms. The SMILES string of the molecule is CCOC(=O)c1cccc(F)c1-c1cccc(OC(F)(F)F)c1. The summed E-state index contributed by atoms with van der Waals surface area (Å²) in [6.45, 7) is 1.68. The highest BCUT2D eigenvalue weighted by Gasteiger charge is 2.31. The van der Waals surface area contributed by atoms with Gasteiger partial charge in [0.2, 0.25) is 0 Å². The molecule has 0 aliphatic heterocycles. The fraction of sp³-hybridized carbons (Fsp3) is 0.188. The smallest absolute Gasteiger partial charge is 0.462 e. The molecule has 0 unspecified atom stereocenters. The summed E-state index contributed by atoms with van der Waals surface area (Å²) >= 11 is 0. The fourth-order valence-corrected chi connectivity index (χ4v) is 2.05. The third-order valence-corrected chi connectivity index (χ3v) is 2.87. The van der Waals surface area contributed by atoms with Gasteiger partial charge in [-0.05, 0) is 36.8 Å². The zero-order chi connectivity index (χ0) is 17.0. The molecule has 0 radical (unpaired) electrons. The quantitative estimate of drug-likeness (QED) is 0.609. The van der Waals surface area contributed by atoms with E-state index in [4.69, 9.17) is 4.74 Å². The minimum Gasteiger partial charge on any atom is -0.462 e. The summed E-state index contributed by atoms with van der Waals surface area (Å²) in [5.74, 6) is -2.02. The Morgan fingerprint density at radius 3 is 2.48 bits per heavy atom. The number of carbonyl (C=O) groups is 1. The van der Waals surface area contributed by atoms with Gasteiger partial charge in [-0.1, -0.05) is 18.2 Å². The molecule has 2 aromatic carbocycles. The van der Waals surface area contributed by atoms with Gasteiger partial charge in [0.1, 0.15) is 11.6 Å². The molecule has 2 aromatic rings. The number of carbonyl (C=O) groups excluding carboxylic acids is 1. The minimum absolute atomic E-state index is 0.0731. The van der Waals surface area contributed by atoms with Crippen molar-refractivity contribution in [2.45, 2.75) is 13.3 Å². The van der Waals surface area contributed by atoms with Crippen molar-refractivity contribution in [2.75, 3.05) is 6.61 Å². The highest BCUT2D eigenvalue weighted by atomic mass is 19.4. The molecule has 0 bridgehead atoms. The maximum atomic E-state index is 14.1. The van der Waals surface area contributed by atoms with Crippen LogP contribution in [0.4, 0.5) is 17.6 Å². The predicted molar refractivity (Wildman–Crippen MR) is 74.5 cm³/mol. The van der Waals surface area contributed by atoms with Crippen LogP contribution in [0.2, 0.25) is 0 Å². The predicted octanol–water partition coefficient (Wildman–Crippen LogP) is 4.57. The fourth-order valence-electron chi connectivity index (χ4n) is 2.05. The summed E-state index contributed by atoms with van der Waals surface area (Å²) in [4.78, 5) is 11.9. The number of rotatable bonds is 4. The molecule has 23 heavy (non-hydrogen) atoms. The Morgan fingerprint density at radius 2 is 1.83 bits per heavy atom. The Hall–Kier alpha value is -2.57. The van der Waals surface area contributed by atoms with Gasteiger partial charge in [0.25, 0.3) is 0 Å². The number of benzene rings is 2. The van der Waals surface area contributed by atoms with E-state index in [1.807, 2.05) is 0 Å². The van der Waals surface area contributed by atoms with Crippen molar-refractivity contribution >= 4 is 5.97 Å². The largest absolute Gasteiger partial charge is 0.573 e. The van der Waals surface area contributed by atoms with Crippen molar-refractivity contribution in [1.82, 2.24) is 0 Å². The summed E-state index contributed by atoms with van der Waals surface area (Å²) in [5.41, 5.74) is -0.137. The molecule has 7 heteroatoms. The van der Waals surface area contributed by atoms with Crippen LogP contribution in [0.3, 0.4) is 0 Å². The number of hydrogen-bond acceptors (Lipinski definition) is 3. The van der Waals surface area contributed by atoms with Gasteiger partial charge in [-0.15, -0.1) is 13.2 Å². The van der Waals surface area contributed by atoms with Crippen molar-refractivity contribution < 1.29 is 31.8 Å². The lowest BCUT2D eigenvalue weighted by atomic mass is 9.99. The highest BCUT2D eigenvalue weighted by Crippen LogP contribution is 2.32. The van der Waals surface area contributed by atoms with E-state index in [-0.39, 0.29) is 23.3 Å². The summed E-state index contributed by atoms with van der Waals surface area (Å²) < 4.78 is 59.7. The van der Waals surface area contributed by atoms with Crippen LogP contribution in [-0.4, -0.2) is 18.9 Å². The Bertz CT molecular complexity index is 711. The third-order valence-electron chi connectivity index (χ3n) is 2.87. The summed E-state index contributed by atoms with van der Waals surface area (Å²) in [5, 5.41) is 0. The Balaban J connectivity index is 2.50. The lowest BCUT2D eigenvalue weighted by Crippen LogP contribution is -2.17. The monoisotopic (exact) mass is 328 g/mol. The van der Waals surface area contributed by atoms with E-state index in [1.54, 1.807) is 6.92 Å². The van der Waals surface area contributed by atoms with Crippen LogP contribution < -0.4 is 4.74 Å². The number of hydrogen-bond donors (Lipinski definition) is 0. The van der Waals surface area contributed by atoms with E-state index in [1.165, 1.54) is 24.3 Å². The van der Waals surface area contributed by atoms with Crippen LogP contribution in [0.25, 0.3) is 11.1 Å². The third kappa shape index (κ3) is 4.21. The molecular weight excluding hydrogens is 316 g/mol. The van der Waals surface area contributed by atoms with E-state index < -0.39 is 23.9 Å². The highest BCUT2D eigenvalue weighted by molar-refractivity contribution is 5.97. The van der Waals surface area contributed by atoms with Gasteiger partial charge in [0, 0.05) is 5.56 Å². The van der Waals surface area contributed by atoms with Gasteiger partial charge >= 0.3 is 12.3 Å². The Morgan fingerprint density at radius 1 is 1.13 bits per heavy atom. The van der Waals surface area contributed by atoms with Crippen molar-refractivity contribution in [1.29, 1.82) is 0 Å². The molecule has 0 N–H and O–H groups in total. The average molecular weight is 328 g/mol. The molecule has 0 aromatic heterocycles. The number of alkyl halides is 3. The second-order valence-electron chi connectivity index (χ2n) is 4.46. The topological polar surface area (TPSA) is 35.5 Å². The molecule has 0 aliphatic rings. The zero-order valence-corrected chi connectivity index (χ0v) is 12.0. The van der Waals surface area contributed by atoms with E-state index in [0.29, 0.717) is 0 Å². The number of halogens is 4. The van der Waals surface area contributed by atoms with E-state index >= 15 is 0 Å². The van der Waals surface area contributed by atoms with Gasteiger partial charge in [-0.2, -0.15) is 0 Å². The molecule has 2 rings (SSSR count). The zero-order valence-electron chi connectivity index (χ0n) is 12.0. The van der Waals surface area contributed by atoms with E-state index in [0.717, 1.165) is 18.2 Å². The second kappa shape index (κ2) is 6.68. The van der Waals surface area contributed by atoms with Gasteiger partial charge in [0.15, 0.2) is 0 Å². The first-order valence-corrected chi connectivity index (χ1v) is 6.63.